The highest BCUT2D eigenvalue weighted by molar-refractivity contribution is 8.26. The van der Waals surface area contributed by atoms with Crippen LogP contribution in [0.5, 0.6) is 0 Å². The Bertz CT molecular complexity index is 506. The van der Waals surface area contributed by atoms with Crippen molar-refractivity contribution in [1.82, 2.24) is 5.32 Å². The highest BCUT2D eigenvalue weighted by Crippen LogP contribution is 2.26. The summed E-state index contributed by atoms with van der Waals surface area (Å²) in [7, 11) is 0. The monoisotopic (exact) mass is 249 g/mol. The zero-order valence-electron chi connectivity index (χ0n) is 9.03. The predicted molar refractivity (Wildman–Crippen MR) is 72.2 cm³/mol. The van der Waals surface area contributed by atoms with E-state index in [1.54, 1.807) is 0 Å². The van der Waals surface area contributed by atoms with E-state index in [0.717, 1.165) is 5.56 Å². The Labute approximate surface area is 104 Å². The second-order valence-corrected chi connectivity index (χ2v) is 5.41. The maximum Gasteiger partial charge on any atom is 0.263 e. The number of hydrogen-bond acceptors (Lipinski definition) is 3. The molecular formula is C12H11NOS2. The number of rotatable bonds is 1. The van der Waals surface area contributed by atoms with Crippen LogP contribution in [-0.4, -0.2) is 10.2 Å². The minimum absolute atomic E-state index is 0.103. The molecule has 0 atom stereocenters. The van der Waals surface area contributed by atoms with Crippen molar-refractivity contribution in [3.8, 4) is 0 Å². The lowest BCUT2D eigenvalue weighted by Crippen LogP contribution is -2.17. The van der Waals surface area contributed by atoms with Crippen molar-refractivity contribution >= 4 is 40.3 Å². The van der Waals surface area contributed by atoms with E-state index in [2.05, 4.69) is 31.3 Å². The molecule has 1 aromatic rings. The van der Waals surface area contributed by atoms with E-state index in [9.17, 15) is 4.79 Å². The van der Waals surface area contributed by atoms with Crippen LogP contribution in [-0.2, 0) is 4.79 Å². The number of hydrogen-bond donors (Lipinski definition) is 1. The molecule has 16 heavy (non-hydrogen) atoms. The predicted octanol–water partition coefficient (Wildman–Crippen LogP) is 2.79. The number of carbonyl (C=O) groups excluding carboxylic acids is 1. The van der Waals surface area contributed by atoms with Gasteiger partial charge in [-0.2, -0.15) is 0 Å². The van der Waals surface area contributed by atoms with Crippen LogP contribution < -0.4 is 5.32 Å². The molecule has 0 unspecified atom stereocenters. The number of nitrogens with one attached hydrogen (secondary N) is 1. The van der Waals surface area contributed by atoms with Gasteiger partial charge in [0.2, 0.25) is 0 Å². The van der Waals surface area contributed by atoms with Crippen molar-refractivity contribution in [2.45, 2.75) is 13.8 Å². The minimum atomic E-state index is -0.103. The van der Waals surface area contributed by atoms with E-state index in [1.165, 1.54) is 22.9 Å². The molecule has 0 spiro atoms. The summed E-state index contributed by atoms with van der Waals surface area (Å²) in [5, 5.41) is 2.60. The van der Waals surface area contributed by atoms with Crippen LogP contribution in [0.2, 0.25) is 0 Å². The lowest BCUT2D eigenvalue weighted by Gasteiger charge is -2.01. The Morgan fingerprint density at radius 1 is 1.31 bits per heavy atom. The molecule has 1 heterocycles. The molecule has 1 aliphatic heterocycles. The molecule has 1 aromatic carbocycles. The molecule has 2 nitrogen and oxygen atoms in total. The Kier molecular flexibility index (Phi) is 3.12. The normalized spacial score (nSPS) is 18.0. The molecule has 0 aromatic heterocycles. The molecule has 4 heteroatoms. The van der Waals surface area contributed by atoms with Gasteiger partial charge in [-0.25, -0.2) is 0 Å². The van der Waals surface area contributed by atoms with E-state index >= 15 is 0 Å². The zero-order chi connectivity index (χ0) is 11.7. The summed E-state index contributed by atoms with van der Waals surface area (Å²) in [6, 6.07) is 6.12. The largest absolute Gasteiger partial charge is 0.307 e. The average molecular weight is 249 g/mol. The van der Waals surface area contributed by atoms with Crippen LogP contribution in [0, 0.1) is 13.8 Å². The van der Waals surface area contributed by atoms with E-state index in [1.807, 2.05) is 12.1 Å². The fraction of sp³-hybridized carbons (Fsp3) is 0.167. The fourth-order valence-corrected chi connectivity index (χ4v) is 2.47. The Morgan fingerprint density at radius 2 is 2.06 bits per heavy atom. The summed E-state index contributed by atoms with van der Waals surface area (Å²) in [4.78, 5) is 12.1. The second kappa shape index (κ2) is 4.39. The summed E-state index contributed by atoms with van der Waals surface area (Å²) in [5.41, 5.74) is 3.51. The molecule has 0 bridgehead atoms. The first-order valence-electron chi connectivity index (χ1n) is 4.88. The van der Waals surface area contributed by atoms with Gasteiger partial charge in [-0.3, -0.25) is 4.79 Å². The second-order valence-electron chi connectivity index (χ2n) is 3.70. The molecule has 1 N–H and O–H groups in total. The van der Waals surface area contributed by atoms with Gasteiger partial charge >= 0.3 is 0 Å². The zero-order valence-corrected chi connectivity index (χ0v) is 10.7. The first kappa shape index (κ1) is 11.4. The summed E-state index contributed by atoms with van der Waals surface area (Å²) >= 11 is 6.24. The number of carbonyl (C=O) groups is 1. The highest BCUT2D eigenvalue weighted by Gasteiger charge is 2.21. The van der Waals surface area contributed by atoms with Gasteiger partial charge in [0.15, 0.2) is 0 Å². The fourth-order valence-electron chi connectivity index (χ4n) is 1.43. The van der Waals surface area contributed by atoms with E-state index in [0.29, 0.717) is 9.23 Å². The lowest BCUT2D eigenvalue weighted by molar-refractivity contribution is -0.115. The Morgan fingerprint density at radius 3 is 2.62 bits per heavy atom. The van der Waals surface area contributed by atoms with Crippen molar-refractivity contribution in [2.24, 2.45) is 0 Å². The average Bonchev–Trinajstić information content (AvgIpc) is 2.51. The van der Waals surface area contributed by atoms with Crippen LogP contribution >= 0.6 is 24.0 Å². The Hall–Kier alpha value is -1.13. The first-order chi connectivity index (χ1) is 7.56. The SMILES string of the molecule is Cc1ccc(/C=C2\SC(=S)NC2=O)cc1C. The molecule has 0 aliphatic carbocycles. The van der Waals surface area contributed by atoms with Gasteiger partial charge in [-0.1, -0.05) is 42.2 Å². The van der Waals surface area contributed by atoms with Crippen molar-refractivity contribution in [2.75, 3.05) is 0 Å². The summed E-state index contributed by atoms with van der Waals surface area (Å²) in [6.45, 7) is 4.13. The van der Waals surface area contributed by atoms with Crippen LogP contribution in [0.4, 0.5) is 0 Å². The quantitative estimate of drug-likeness (QED) is 0.613. The van der Waals surface area contributed by atoms with Crippen LogP contribution in [0.3, 0.4) is 0 Å². The number of amides is 1. The lowest BCUT2D eigenvalue weighted by atomic mass is 10.1. The van der Waals surface area contributed by atoms with Gasteiger partial charge in [0.1, 0.15) is 4.32 Å². The summed E-state index contributed by atoms with van der Waals surface area (Å²) in [6.07, 6.45) is 1.87. The molecule has 1 aliphatic rings. The van der Waals surface area contributed by atoms with Crippen LogP contribution in [0.25, 0.3) is 6.08 Å². The third kappa shape index (κ3) is 2.33. The van der Waals surface area contributed by atoms with Gasteiger partial charge in [0.05, 0.1) is 4.91 Å². The van der Waals surface area contributed by atoms with Crippen molar-refractivity contribution in [1.29, 1.82) is 0 Å². The number of thioether (sulfide) groups is 1. The maximum absolute atomic E-state index is 11.5. The standard InChI is InChI=1S/C12H11NOS2/c1-7-3-4-9(5-8(7)2)6-10-11(14)13-12(15)16-10/h3-6H,1-2H3,(H,13,14,15)/b10-6-. The van der Waals surface area contributed by atoms with Crippen molar-refractivity contribution < 1.29 is 4.79 Å². The van der Waals surface area contributed by atoms with Gasteiger partial charge in [-0.15, -0.1) is 0 Å². The molecule has 1 saturated heterocycles. The minimum Gasteiger partial charge on any atom is -0.307 e. The van der Waals surface area contributed by atoms with Gasteiger partial charge in [-0.05, 0) is 36.6 Å². The van der Waals surface area contributed by atoms with Crippen LogP contribution in [0.15, 0.2) is 23.1 Å². The van der Waals surface area contributed by atoms with Crippen molar-refractivity contribution in [3.63, 3.8) is 0 Å². The molecule has 82 valence electrons. The molecule has 0 saturated carbocycles. The summed E-state index contributed by atoms with van der Waals surface area (Å²) < 4.78 is 0.528. The van der Waals surface area contributed by atoms with Gasteiger partial charge < -0.3 is 5.32 Å². The Balaban J connectivity index is 2.32. The smallest absolute Gasteiger partial charge is 0.263 e. The molecular weight excluding hydrogens is 238 g/mol. The summed E-state index contributed by atoms with van der Waals surface area (Å²) in [5.74, 6) is -0.103. The van der Waals surface area contributed by atoms with Gasteiger partial charge in [0, 0.05) is 0 Å². The first-order valence-corrected chi connectivity index (χ1v) is 6.11. The van der Waals surface area contributed by atoms with Gasteiger partial charge in [0.25, 0.3) is 5.91 Å². The van der Waals surface area contributed by atoms with E-state index < -0.39 is 0 Å². The van der Waals surface area contributed by atoms with Crippen molar-refractivity contribution in [3.05, 3.63) is 39.8 Å². The molecule has 1 fully saturated rings. The van der Waals surface area contributed by atoms with E-state index in [4.69, 9.17) is 12.2 Å². The van der Waals surface area contributed by atoms with Crippen LogP contribution in [0.1, 0.15) is 16.7 Å². The number of thiocarbonyl (C=S) groups is 1. The third-order valence-electron chi connectivity index (χ3n) is 2.47. The number of benzene rings is 1. The molecule has 2 rings (SSSR count). The molecule has 1 amide bonds. The number of aryl methyl sites for hydroxylation is 2. The molecule has 0 radical (unpaired) electrons. The van der Waals surface area contributed by atoms with E-state index in [-0.39, 0.29) is 5.91 Å². The highest BCUT2D eigenvalue weighted by atomic mass is 32.2. The third-order valence-corrected chi connectivity index (χ3v) is 3.63. The topological polar surface area (TPSA) is 29.1 Å². The maximum atomic E-state index is 11.5.